The number of nitrogens with one attached hydrogen (secondary N) is 1. The summed E-state index contributed by atoms with van der Waals surface area (Å²) >= 11 is 22.1. The molecular weight excluding hydrogens is 1560 g/mol. The Balaban J connectivity index is 0.000000186. The molecule has 30 nitrogen and oxygen atoms in total. The van der Waals surface area contributed by atoms with Crippen molar-refractivity contribution in [2.45, 2.75) is 78.4 Å². The van der Waals surface area contributed by atoms with Gasteiger partial charge in [-0.1, -0.05) is 34.8 Å². The third kappa shape index (κ3) is 20.2. The van der Waals surface area contributed by atoms with Crippen LogP contribution in [-0.2, 0) is 89.6 Å². The average Bonchev–Trinajstić information content (AvgIpc) is 1.61. The molecule has 12 aromatic rings. The topological polar surface area (TPSA) is 400 Å². The standard InChI is InChI=1S/C14H17N3O4.C14H19N3O2.C10H8Cl2N2O2.C10H9ClN2O2.C8H7N3O2.C7H5N3O2.I2/c1-14(2,3)21-13(18)7-9-10-8-15-16(4)11(10)5-6-12(9)17(19)20;1-14(2,3)19-13(18)7-9-10-8-16-17(4)12(10)6-5-11(9)15;1-14-7-3-2-6(11)5(4-8(15)16)9(7)10(12)13-14;1-13-9-3-2-8(11)6(4-10(14)15)7(9)5-12-13;1-10-8-3-2-7(11(12)13)4-6(8)5-9-10;11-10(12)6-1-2-7-5(3-6)4-8-9-7;1-2/h5-6,8H,7H2,1-4H3;5-6,8H,7,15H2,1-4H3;2-3H,4H2,1H3,(H,15,16);2-3,5H,4H2,1H3,(H,14,15);2-5H,1H3;1-4H,(H,8,9);. The molecule has 98 heavy (non-hydrogen) atoms. The molecule has 0 spiro atoms. The Kier molecular flexibility index (Phi) is 26.5. The normalized spacial score (nSPS) is 10.9. The number of carboxylic acids is 2. The third-order valence-corrected chi connectivity index (χ3v) is 15.0. The Labute approximate surface area is 595 Å². The van der Waals surface area contributed by atoms with Gasteiger partial charge in [-0.05, 0) is 113 Å². The summed E-state index contributed by atoms with van der Waals surface area (Å²) in [5, 5.41) is 81.9. The number of nitrogens with zero attached hydrogens (tertiary/aromatic N) is 14. The van der Waals surface area contributed by atoms with Crippen LogP contribution in [0.3, 0.4) is 0 Å². The number of halogens is 5. The fourth-order valence-electron chi connectivity index (χ4n) is 9.74. The first-order chi connectivity index (χ1) is 46.0. The van der Waals surface area contributed by atoms with Gasteiger partial charge in [0.25, 0.3) is 17.1 Å². The van der Waals surface area contributed by atoms with Gasteiger partial charge in [-0.25, -0.2) is 0 Å². The van der Waals surface area contributed by atoms with Crippen molar-refractivity contribution >= 4 is 184 Å². The number of esters is 2. The lowest BCUT2D eigenvalue weighted by atomic mass is 10.0. The minimum Gasteiger partial charge on any atom is -0.481 e. The zero-order valence-corrected chi connectivity index (χ0v) is 60.9. The fourth-order valence-corrected chi connectivity index (χ4v) is 10.5. The van der Waals surface area contributed by atoms with Crippen molar-refractivity contribution in [1.82, 2.24) is 59.1 Å². The van der Waals surface area contributed by atoms with E-state index in [2.05, 4.69) is 72.9 Å². The van der Waals surface area contributed by atoms with Crippen LogP contribution in [0.25, 0.3) is 65.4 Å². The molecule has 0 aliphatic heterocycles. The molecule has 12 rings (SSSR count). The molecule has 0 amide bonds. The Morgan fingerprint density at radius 3 is 1.45 bits per heavy atom. The van der Waals surface area contributed by atoms with Gasteiger partial charge in [0.05, 0.1) is 110 Å². The Hall–Kier alpha value is -9.65. The van der Waals surface area contributed by atoms with Crippen LogP contribution in [0.5, 0.6) is 0 Å². The number of nitro groups is 3. The summed E-state index contributed by atoms with van der Waals surface area (Å²) in [7, 11) is 8.95. The van der Waals surface area contributed by atoms with Crippen LogP contribution in [0, 0.1) is 30.3 Å². The lowest BCUT2D eigenvalue weighted by Gasteiger charge is -2.19. The highest BCUT2D eigenvalue weighted by atomic mass is 128. The molecule has 5 N–H and O–H groups in total. The summed E-state index contributed by atoms with van der Waals surface area (Å²) in [5.41, 5.74) is 12.8. The number of ether oxygens (including phenoxy) is 2. The van der Waals surface area contributed by atoms with Crippen molar-refractivity contribution in [2.24, 2.45) is 35.2 Å². The number of carbonyl (C=O) groups is 4. The van der Waals surface area contributed by atoms with Gasteiger partial charge < -0.3 is 25.4 Å². The Morgan fingerprint density at radius 2 is 0.939 bits per heavy atom. The molecule has 0 saturated heterocycles. The van der Waals surface area contributed by atoms with Crippen LogP contribution >= 0.6 is 72.0 Å². The number of aliphatic carboxylic acids is 2. The molecule has 0 aliphatic carbocycles. The number of aryl methyl sites for hydroxylation is 5. The Bertz CT molecular complexity index is 4950. The third-order valence-electron chi connectivity index (χ3n) is 14.0. The first kappa shape index (κ1) is 77.4. The van der Waals surface area contributed by atoms with Crippen LogP contribution in [0.15, 0.2) is 116 Å². The highest BCUT2D eigenvalue weighted by Gasteiger charge is 2.25. The number of H-pyrrole nitrogens is 1. The number of rotatable bonds is 11. The average molecular weight is 1630 g/mol. The molecule has 516 valence electrons. The minimum atomic E-state index is -0.950. The number of anilines is 1. The summed E-state index contributed by atoms with van der Waals surface area (Å²) < 4.78 is 18.9. The summed E-state index contributed by atoms with van der Waals surface area (Å²) in [6.07, 6.45) is 7.82. The zero-order valence-electron chi connectivity index (χ0n) is 54.3. The number of carboxylic acid groups (broad SMARTS) is 2. The van der Waals surface area contributed by atoms with E-state index in [1.54, 1.807) is 140 Å². The number of hydrogen-bond donors (Lipinski definition) is 4. The first-order valence-electron chi connectivity index (χ1n) is 28.8. The maximum Gasteiger partial charge on any atom is 0.311 e. The van der Waals surface area contributed by atoms with Gasteiger partial charge in [0.15, 0.2) is 5.15 Å². The molecule has 0 atom stereocenters. The number of nitrogens with two attached hydrogens (primary N) is 1. The molecular formula is C63H65Cl3I2N16O14. The van der Waals surface area contributed by atoms with Gasteiger partial charge in [-0.2, -0.15) is 30.6 Å². The highest BCUT2D eigenvalue weighted by Crippen LogP contribution is 2.33. The van der Waals surface area contributed by atoms with Crippen molar-refractivity contribution in [1.29, 1.82) is 0 Å². The number of fused-ring (bicyclic) bond motifs is 6. The van der Waals surface area contributed by atoms with Crippen molar-refractivity contribution in [3.8, 4) is 0 Å². The van der Waals surface area contributed by atoms with E-state index in [0.29, 0.717) is 43.2 Å². The van der Waals surface area contributed by atoms with Gasteiger partial charge >= 0.3 is 23.9 Å². The van der Waals surface area contributed by atoms with E-state index in [4.69, 9.17) is 60.2 Å². The number of nitrogen functional groups attached to an aromatic ring is 1. The van der Waals surface area contributed by atoms with E-state index in [9.17, 15) is 49.5 Å². The van der Waals surface area contributed by atoms with E-state index in [1.165, 1.54) is 36.5 Å². The van der Waals surface area contributed by atoms with E-state index < -0.39 is 43.9 Å². The predicted octanol–water partition coefficient (Wildman–Crippen LogP) is 13.5. The molecule has 0 bridgehead atoms. The number of benzene rings is 6. The number of carbonyl (C=O) groups excluding carboxylic acids is 2. The molecule has 0 aliphatic rings. The number of aromatic nitrogens is 12. The number of non-ortho nitro benzene ring substituents is 2. The quantitative estimate of drug-likeness (QED) is 0.0307. The molecule has 6 aromatic carbocycles. The fraction of sp³-hybridized carbons (Fsp3) is 0.270. The molecule has 35 heteroatoms. The molecule has 6 aromatic heterocycles. The van der Waals surface area contributed by atoms with Crippen LogP contribution in [0.2, 0.25) is 15.2 Å². The monoisotopic (exact) mass is 1630 g/mol. The second-order valence-corrected chi connectivity index (χ2v) is 24.4. The van der Waals surface area contributed by atoms with Crippen LogP contribution < -0.4 is 5.73 Å². The molecule has 6 heterocycles. The first-order valence-corrected chi connectivity index (χ1v) is 36.2. The number of hydrogen-bond acceptors (Lipinski definition) is 19. The molecule has 0 unspecified atom stereocenters. The van der Waals surface area contributed by atoms with Gasteiger partial charge in [0, 0.05) is 151 Å². The number of nitro benzene ring substituents is 3. The van der Waals surface area contributed by atoms with Gasteiger partial charge in [0.1, 0.15) is 11.2 Å². The van der Waals surface area contributed by atoms with Crippen LogP contribution in [0.1, 0.15) is 63.8 Å². The maximum atomic E-state index is 12.0. The van der Waals surface area contributed by atoms with Crippen molar-refractivity contribution in [3.05, 3.63) is 184 Å². The second kappa shape index (κ2) is 33.5. The zero-order chi connectivity index (χ0) is 72.8. The van der Waals surface area contributed by atoms with Gasteiger partial charge in [0.2, 0.25) is 0 Å². The van der Waals surface area contributed by atoms with E-state index in [1.807, 2.05) is 40.0 Å². The SMILES string of the molecule is Cn1nc(Cl)c2c(CC(=O)O)c(Cl)ccc21.Cn1ncc2c(CC(=O)O)c(Cl)ccc21.Cn1ncc2c(CC(=O)OC(C)(C)C)c(N)ccc21.Cn1ncc2c(CC(=O)OC(C)(C)C)c([N+](=O)[O-])ccc21.Cn1ncc2cc([N+](=O)[O-])ccc21.II.O=[N+]([O-])c1ccc2[nH]ncc2c1. The van der Waals surface area contributed by atoms with Gasteiger partial charge in [-0.3, -0.25) is 78.0 Å². The molecule has 0 radical (unpaired) electrons. The second-order valence-electron chi connectivity index (χ2n) is 23.3. The van der Waals surface area contributed by atoms with Crippen molar-refractivity contribution in [3.63, 3.8) is 0 Å². The minimum absolute atomic E-state index is 0.0815. The van der Waals surface area contributed by atoms with Gasteiger partial charge in [-0.15, -0.1) is 0 Å². The van der Waals surface area contributed by atoms with E-state index in [-0.39, 0.29) is 53.9 Å². The summed E-state index contributed by atoms with van der Waals surface area (Å²) in [5.74, 6) is -2.62. The highest BCUT2D eigenvalue weighted by molar-refractivity contribution is 15.0. The van der Waals surface area contributed by atoms with Crippen molar-refractivity contribution < 1.29 is 53.6 Å². The maximum absolute atomic E-state index is 12.0. The van der Waals surface area contributed by atoms with Crippen LogP contribution in [-0.4, -0.2) is 119 Å². The molecule has 0 fully saturated rings. The lowest BCUT2D eigenvalue weighted by molar-refractivity contribution is -0.385. The number of aromatic amines is 1. The van der Waals surface area contributed by atoms with E-state index in [0.717, 1.165) is 60.2 Å². The van der Waals surface area contributed by atoms with Crippen molar-refractivity contribution in [2.75, 3.05) is 5.73 Å². The smallest absolute Gasteiger partial charge is 0.311 e. The molecule has 0 saturated carbocycles. The largest absolute Gasteiger partial charge is 0.481 e. The summed E-state index contributed by atoms with van der Waals surface area (Å²) in [6, 6.07) is 22.9. The summed E-state index contributed by atoms with van der Waals surface area (Å²) in [4.78, 5) is 76.0. The lowest BCUT2D eigenvalue weighted by Crippen LogP contribution is -2.25. The summed E-state index contributed by atoms with van der Waals surface area (Å²) in [6.45, 7) is 10.8. The van der Waals surface area contributed by atoms with E-state index >= 15 is 0 Å². The Morgan fingerprint density at radius 1 is 0.520 bits per heavy atom. The predicted molar refractivity (Wildman–Crippen MR) is 389 cm³/mol. The van der Waals surface area contributed by atoms with Crippen LogP contribution in [0.4, 0.5) is 22.7 Å².